The van der Waals surface area contributed by atoms with Gasteiger partial charge >= 0.3 is 5.97 Å². The number of aromatic carboxylic acids is 1. The van der Waals surface area contributed by atoms with Crippen LogP contribution in [0.5, 0.6) is 11.5 Å². The number of amides is 1. The molecule has 0 spiro atoms. The Morgan fingerprint density at radius 1 is 1.25 bits per heavy atom. The first-order valence-electron chi connectivity index (χ1n) is 9.50. The van der Waals surface area contributed by atoms with E-state index in [1.165, 1.54) is 0 Å². The van der Waals surface area contributed by atoms with E-state index in [4.69, 9.17) is 9.47 Å². The van der Waals surface area contributed by atoms with Gasteiger partial charge in [-0.3, -0.25) is 4.79 Å². The molecule has 1 unspecified atom stereocenters. The number of rotatable bonds is 6. The lowest BCUT2D eigenvalue weighted by Crippen LogP contribution is -2.22. The van der Waals surface area contributed by atoms with Gasteiger partial charge in [-0.15, -0.1) is 0 Å². The fourth-order valence-corrected chi connectivity index (χ4v) is 3.54. The summed E-state index contributed by atoms with van der Waals surface area (Å²) in [5.74, 6) is 0.169. The van der Waals surface area contributed by atoms with Gasteiger partial charge in [0.05, 0.1) is 18.4 Å². The second-order valence-electron chi connectivity index (χ2n) is 6.74. The average molecular weight is 383 g/mol. The van der Waals surface area contributed by atoms with E-state index in [9.17, 15) is 14.7 Å². The maximum atomic E-state index is 12.1. The second-order valence-corrected chi connectivity index (χ2v) is 6.74. The number of nitrogens with one attached hydrogen (secondary N) is 1. The van der Waals surface area contributed by atoms with Gasteiger partial charge in [0.2, 0.25) is 5.91 Å². The van der Waals surface area contributed by atoms with Crippen LogP contribution in [0.1, 0.15) is 59.8 Å². The highest BCUT2D eigenvalue weighted by Gasteiger charge is 2.30. The molecular formula is C22H25NO5. The molecule has 0 saturated carbocycles. The molecule has 6 nitrogen and oxygen atoms in total. The van der Waals surface area contributed by atoms with Crippen LogP contribution in [0, 0.1) is 0 Å². The number of carboxylic acid groups (broad SMARTS) is 1. The number of methoxy groups -OCH3 is 1. The number of hydrogen-bond acceptors (Lipinski definition) is 4. The molecule has 0 fully saturated rings. The Morgan fingerprint density at radius 2 is 2.04 bits per heavy atom. The first-order chi connectivity index (χ1) is 13.5. The van der Waals surface area contributed by atoms with E-state index >= 15 is 0 Å². The van der Waals surface area contributed by atoms with Crippen LogP contribution in [0.4, 0.5) is 5.69 Å². The van der Waals surface area contributed by atoms with E-state index in [0.717, 1.165) is 17.5 Å². The van der Waals surface area contributed by atoms with Gasteiger partial charge in [0, 0.05) is 18.1 Å². The maximum absolute atomic E-state index is 12.1. The molecule has 1 heterocycles. The summed E-state index contributed by atoms with van der Waals surface area (Å²) in [4.78, 5) is 24.1. The number of hydrogen-bond donors (Lipinski definition) is 2. The van der Waals surface area contributed by atoms with Crippen LogP contribution < -0.4 is 14.8 Å². The largest absolute Gasteiger partial charge is 0.497 e. The van der Waals surface area contributed by atoms with Crippen molar-refractivity contribution in [1.82, 2.24) is 0 Å². The number of carbonyl (C=O) groups is 2. The van der Waals surface area contributed by atoms with Crippen molar-refractivity contribution in [3.8, 4) is 11.5 Å². The second kappa shape index (κ2) is 8.33. The molecule has 2 N–H and O–H groups in total. The smallest absolute Gasteiger partial charge is 0.336 e. The normalized spacial score (nSPS) is 15.3. The molecule has 6 heteroatoms. The van der Waals surface area contributed by atoms with Gasteiger partial charge in [-0.1, -0.05) is 26.0 Å². The number of benzene rings is 2. The van der Waals surface area contributed by atoms with E-state index in [0.29, 0.717) is 42.0 Å². The SMILES string of the molecule is CCC(=O)Nc1c(CC)ccc(C(=O)O)c1C1CCc2ccc(OC)cc2O1. The van der Waals surface area contributed by atoms with E-state index < -0.39 is 12.1 Å². The predicted molar refractivity (Wildman–Crippen MR) is 106 cm³/mol. The van der Waals surface area contributed by atoms with Crippen LogP contribution in [0.3, 0.4) is 0 Å². The number of ether oxygens (including phenoxy) is 2. The maximum Gasteiger partial charge on any atom is 0.336 e. The number of fused-ring (bicyclic) bond motifs is 1. The zero-order valence-corrected chi connectivity index (χ0v) is 16.4. The summed E-state index contributed by atoms with van der Waals surface area (Å²) in [6.07, 6.45) is 1.89. The molecule has 2 aromatic rings. The standard InChI is InChI=1S/C22H25NO5/c1-4-13-7-10-16(22(25)26)20(21(13)23-19(24)5-2)17-11-8-14-6-9-15(27-3)12-18(14)28-17/h6-7,9-10,12,17H,4-5,8,11H2,1-3H3,(H,23,24)(H,25,26). The van der Waals surface area contributed by atoms with Crippen LogP contribution in [-0.4, -0.2) is 24.1 Å². The van der Waals surface area contributed by atoms with Crippen LogP contribution >= 0.6 is 0 Å². The molecule has 0 radical (unpaired) electrons. The molecule has 1 aliphatic heterocycles. The van der Waals surface area contributed by atoms with Crippen molar-refractivity contribution in [2.24, 2.45) is 0 Å². The lowest BCUT2D eigenvalue weighted by atomic mass is 9.90. The summed E-state index contributed by atoms with van der Waals surface area (Å²) >= 11 is 0. The first kappa shape index (κ1) is 19.7. The molecule has 1 amide bonds. The molecule has 0 saturated heterocycles. The van der Waals surface area contributed by atoms with Gasteiger partial charge in [0.15, 0.2) is 0 Å². The van der Waals surface area contributed by atoms with Crippen molar-refractivity contribution >= 4 is 17.6 Å². The minimum absolute atomic E-state index is 0.153. The lowest BCUT2D eigenvalue weighted by Gasteiger charge is -2.30. The van der Waals surface area contributed by atoms with E-state index in [2.05, 4.69) is 5.32 Å². The Balaban J connectivity index is 2.10. The van der Waals surface area contributed by atoms with Gasteiger partial charge in [-0.25, -0.2) is 4.79 Å². The van der Waals surface area contributed by atoms with Gasteiger partial charge < -0.3 is 19.9 Å². The Morgan fingerprint density at radius 3 is 2.68 bits per heavy atom. The fraction of sp³-hybridized carbons (Fsp3) is 0.364. The van der Waals surface area contributed by atoms with Gasteiger partial charge in [-0.05, 0) is 42.5 Å². The highest BCUT2D eigenvalue weighted by molar-refractivity contribution is 5.97. The van der Waals surface area contributed by atoms with Crippen molar-refractivity contribution in [3.05, 3.63) is 52.6 Å². The third-order valence-corrected chi connectivity index (χ3v) is 5.07. The summed E-state index contributed by atoms with van der Waals surface area (Å²) in [6.45, 7) is 3.74. The van der Waals surface area contributed by atoms with Crippen LogP contribution in [0.15, 0.2) is 30.3 Å². The molecule has 0 bridgehead atoms. The molecule has 1 atom stereocenters. The van der Waals surface area contributed by atoms with Crippen LogP contribution in [0.2, 0.25) is 0 Å². The Kier molecular flexibility index (Phi) is 5.87. The number of carbonyl (C=O) groups excluding carboxylic acids is 1. The summed E-state index contributed by atoms with van der Waals surface area (Å²) in [5.41, 5.74) is 3.19. The van der Waals surface area contributed by atoms with E-state index in [-0.39, 0.29) is 11.5 Å². The molecule has 2 aromatic carbocycles. The van der Waals surface area contributed by atoms with Gasteiger partial charge in [0.25, 0.3) is 0 Å². The number of anilines is 1. The fourth-order valence-electron chi connectivity index (χ4n) is 3.54. The van der Waals surface area contributed by atoms with Crippen LogP contribution in [-0.2, 0) is 17.6 Å². The third kappa shape index (κ3) is 3.81. The third-order valence-electron chi connectivity index (χ3n) is 5.07. The summed E-state index contributed by atoms with van der Waals surface area (Å²) in [6, 6.07) is 9.02. The minimum atomic E-state index is -1.04. The molecule has 3 rings (SSSR count). The van der Waals surface area contributed by atoms with Crippen molar-refractivity contribution in [2.75, 3.05) is 12.4 Å². The molecule has 148 valence electrons. The Bertz CT molecular complexity index is 906. The quantitative estimate of drug-likeness (QED) is 0.774. The van der Waals surface area contributed by atoms with Crippen molar-refractivity contribution < 1.29 is 24.2 Å². The predicted octanol–water partition coefficient (Wildman–Crippen LogP) is 4.37. The summed E-state index contributed by atoms with van der Waals surface area (Å²) < 4.78 is 11.5. The molecule has 0 aliphatic carbocycles. The molecular weight excluding hydrogens is 358 g/mol. The Labute approximate surface area is 164 Å². The monoisotopic (exact) mass is 383 g/mol. The zero-order valence-electron chi connectivity index (χ0n) is 16.4. The Hall–Kier alpha value is -3.02. The lowest BCUT2D eigenvalue weighted by molar-refractivity contribution is -0.115. The minimum Gasteiger partial charge on any atom is -0.497 e. The number of carboxylic acids is 1. The van der Waals surface area contributed by atoms with Gasteiger partial charge in [-0.2, -0.15) is 0 Å². The van der Waals surface area contributed by atoms with E-state index in [1.54, 1.807) is 26.2 Å². The van der Waals surface area contributed by atoms with Crippen molar-refractivity contribution in [3.63, 3.8) is 0 Å². The van der Waals surface area contributed by atoms with Crippen molar-refractivity contribution in [1.29, 1.82) is 0 Å². The highest BCUT2D eigenvalue weighted by Crippen LogP contribution is 2.41. The highest BCUT2D eigenvalue weighted by atomic mass is 16.5. The summed E-state index contributed by atoms with van der Waals surface area (Å²) in [7, 11) is 1.59. The average Bonchev–Trinajstić information content (AvgIpc) is 2.72. The van der Waals surface area contributed by atoms with E-state index in [1.807, 2.05) is 25.1 Å². The zero-order chi connectivity index (χ0) is 20.3. The topological polar surface area (TPSA) is 84.9 Å². The molecule has 28 heavy (non-hydrogen) atoms. The molecule has 1 aliphatic rings. The van der Waals surface area contributed by atoms with Crippen LogP contribution in [0.25, 0.3) is 0 Å². The van der Waals surface area contributed by atoms with Gasteiger partial charge in [0.1, 0.15) is 17.6 Å². The first-order valence-corrected chi connectivity index (χ1v) is 9.50. The number of aryl methyl sites for hydroxylation is 2. The summed E-state index contributed by atoms with van der Waals surface area (Å²) in [5, 5.41) is 12.7. The van der Waals surface area contributed by atoms with Crippen molar-refractivity contribution in [2.45, 2.75) is 45.6 Å². The molecule has 0 aromatic heterocycles.